The second kappa shape index (κ2) is 9.23. The third-order valence-corrected chi connectivity index (χ3v) is 5.79. The first-order chi connectivity index (χ1) is 12.3. The average molecular weight is 465 g/mol. The van der Waals surface area contributed by atoms with Crippen LogP contribution in [0.3, 0.4) is 0 Å². The zero-order chi connectivity index (χ0) is 17.6. The number of fused-ring (bicyclic) bond motifs is 3. The van der Waals surface area contributed by atoms with E-state index in [1.165, 1.54) is 58.6 Å². The molecule has 0 aliphatic rings. The summed E-state index contributed by atoms with van der Waals surface area (Å²) in [4.78, 5) is 0. The van der Waals surface area contributed by atoms with Gasteiger partial charge in [0.25, 0.3) is 0 Å². The van der Waals surface area contributed by atoms with E-state index in [1.807, 2.05) is 0 Å². The van der Waals surface area contributed by atoms with E-state index in [2.05, 4.69) is 79.7 Å². The molecule has 3 aromatic rings. The second-order valence-corrected chi connectivity index (χ2v) is 8.38. The van der Waals surface area contributed by atoms with E-state index >= 15 is 0 Å². The van der Waals surface area contributed by atoms with Crippen molar-refractivity contribution in [2.45, 2.75) is 52.0 Å². The minimum absolute atomic E-state index is 1.02. The molecular formula is C22H27Br2N. The first-order valence-corrected chi connectivity index (χ1v) is 11.7. The molecule has 2 aromatic carbocycles. The zero-order valence-electron chi connectivity index (χ0n) is 15.0. The van der Waals surface area contributed by atoms with Crippen molar-refractivity contribution in [3.8, 4) is 0 Å². The van der Waals surface area contributed by atoms with Crippen LogP contribution < -0.4 is 0 Å². The van der Waals surface area contributed by atoms with Crippen LogP contribution in [-0.2, 0) is 19.4 Å². The predicted molar refractivity (Wildman–Crippen MR) is 119 cm³/mol. The zero-order valence-corrected chi connectivity index (χ0v) is 18.2. The smallest absolute Gasteiger partial charge is 0.0491 e. The second-order valence-electron chi connectivity index (χ2n) is 6.79. The van der Waals surface area contributed by atoms with Crippen LogP contribution >= 0.6 is 31.9 Å². The van der Waals surface area contributed by atoms with Crippen molar-refractivity contribution in [3.05, 3.63) is 47.5 Å². The highest BCUT2D eigenvalue weighted by Crippen LogP contribution is 2.31. The number of unbranched alkanes of at least 4 members (excludes halogenated alkanes) is 3. The van der Waals surface area contributed by atoms with Crippen LogP contribution in [-0.4, -0.2) is 15.2 Å². The number of benzene rings is 2. The van der Waals surface area contributed by atoms with Gasteiger partial charge >= 0.3 is 0 Å². The van der Waals surface area contributed by atoms with E-state index in [1.54, 1.807) is 0 Å². The minimum Gasteiger partial charge on any atom is -0.340 e. The van der Waals surface area contributed by atoms with Gasteiger partial charge in [0.2, 0.25) is 0 Å². The van der Waals surface area contributed by atoms with Gasteiger partial charge in [0, 0.05) is 39.0 Å². The Morgan fingerprint density at radius 1 is 0.760 bits per heavy atom. The third kappa shape index (κ3) is 4.31. The van der Waals surface area contributed by atoms with Crippen LogP contribution in [0.4, 0.5) is 0 Å². The molecule has 0 unspecified atom stereocenters. The lowest BCUT2D eigenvalue weighted by molar-refractivity contribution is 0.602. The lowest BCUT2D eigenvalue weighted by atomic mass is 10.1. The Bertz CT molecular complexity index is 772. The van der Waals surface area contributed by atoms with Crippen LogP contribution in [0.5, 0.6) is 0 Å². The molecule has 0 radical (unpaired) electrons. The topological polar surface area (TPSA) is 4.93 Å². The molecule has 0 saturated heterocycles. The Kier molecular flexibility index (Phi) is 7.00. The van der Waals surface area contributed by atoms with Crippen molar-refractivity contribution in [1.82, 2.24) is 4.57 Å². The van der Waals surface area contributed by atoms with Gasteiger partial charge in [-0.05, 0) is 54.7 Å². The number of aromatic nitrogens is 1. The van der Waals surface area contributed by atoms with Crippen molar-refractivity contribution in [2.75, 3.05) is 10.7 Å². The summed E-state index contributed by atoms with van der Waals surface area (Å²) in [5, 5.41) is 4.87. The molecule has 134 valence electrons. The summed E-state index contributed by atoms with van der Waals surface area (Å²) >= 11 is 7.15. The van der Waals surface area contributed by atoms with Gasteiger partial charge < -0.3 is 4.57 Å². The molecule has 1 aromatic heterocycles. The summed E-state index contributed by atoms with van der Waals surface area (Å²) in [5.74, 6) is 0. The predicted octanol–water partition coefficient (Wildman–Crippen LogP) is 7.25. The molecule has 0 atom stereocenters. The SMILES string of the molecule is CCCCCCn1c2ccc(CCBr)cc2c2cc(CCBr)ccc21. The lowest BCUT2D eigenvalue weighted by Crippen LogP contribution is -1.98. The maximum atomic E-state index is 3.58. The van der Waals surface area contributed by atoms with Gasteiger partial charge in [-0.3, -0.25) is 0 Å². The monoisotopic (exact) mass is 463 g/mol. The number of nitrogens with zero attached hydrogens (tertiary/aromatic N) is 1. The van der Waals surface area contributed by atoms with Crippen molar-refractivity contribution >= 4 is 53.7 Å². The van der Waals surface area contributed by atoms with Crippen LogP contribution in [0.15, 0.2) is 36.4 Å². The van der Waals surface area contributed by atoms with Gasteiger partial charge in [-0.1, -0.05) is 70.2 Å². The number of hydrogen-bond acceptors (Lipinski definition) is 0. The number of hydrogen-bond donors (Lipinski definition) is 0. The van der Waals surface area contributed by atoms with Gasteiger partial charge in [-0.15, -0.1) is 0 Å². The fourth-order valence-corrected chi connectivity index (χ4v) is 4.58. The molecule has 0 spiro atoms. The number of halogens is 2. The normalized spacial score (nSPS) is 11.6. The van der Waals surface area contributed by atoms with Gasteiger partial charge in [0.1, 0.15) is 0 Å². The van der Waals surface area contributed by atoms with E-state index in [4.69, 9.17) is 0 Å². The van der Waals surface area contributed by atoms with Gasteiger partial charge in [0.15, 0.2) is 0 Å². The summed E-state index contributed by atoms with van der Waals surface area (Å²) in [6.45, 7) is 3.40. The fourth-order valence-electron chi connectivity index (χ4n) is 3.67. The Morgan fingerprint density at radius 2 is 1.32 bits per heavy atom. The van der Waals surface area contributed by atoms with Crippen molar-refractivity contribution in [1.29, 1.82) is 0 Å². The molecule has 0 aliphatic carbocycles. The summed E-state index contributed by atoms with van der Waals surface area (Å²) in [5.41, 5.74) is 5.61. The van der Waals surface area contributed by atoms with E-state index in [0.29, 0.717) is 0 Å². The molecule has 0 aliphatic heterocycles. The number of alkyl halides is 2. The van der Waals surface area contributed by atoms with Crippen molar-refractivity contribution < 1.29 is 0 Å². The summed E-state index contributed by atoms with van der Waals surface area (Å²) in [6, 6.07) is 14.1. The maximum Gasteiger partial charge on any atom is 0.0491 e. The van der Waals surface area contributed by atoms with E-state index in [-0.39, 0.29) is 0 Å². The van der Waals surface area contributed by atoms with Gasteiger partial charge in [-0.25, -0.2) is 0 Å². The molecule has 3 rings (SSSR count). The van der Waals surface area contributed by atoms with Crippen LogP contribution in [0, 0.1) is 0 Å². The first-order valence-electron chi connectivity index (χ1n) is 9.44. The molecule has 0 bridgehead atoms. The quantitative estimate of drug-likeness (QED) is 0.232. The molecule has 0 amide bonds. The highest BCUT2D eigenvalue weighted by molar-refractivity contribution is 9.09. The summed E-state index contributed by atoms with van der Waals surface area (Å²) in [6.07, 6.45) is 7.38. The van der Waals surface area contributed by atoms with E-state index in [9.17, 15) is 0 Å². The van der Waals surface area contributed by atoms with Crippen LogP contribution in [0.1, 0.15) is 43.7 Å². The van der Waals surface area contributed by atoms with Gasteiger partial charge in [-0.2, -0.15) is 0 Å². The maximum absolute atomic E-state index is 3.58. The molecule has 0 fully saturated rings. The first kappa shape index (κ1) is 19.0. The minimum atomic E-state index is 1.02. The third-order valence-electron chi connectivity index (χ3n) is 5.00. The van der Waals surface area contributed by atoms with E-state index < -0.39 is 0 Å². The molecule has 1 heterocycles. The van der Waals surface area contributed by atoms with Crippen LogP contribution in [0.2, 0.25) is 0 Å². The van der Waals surface area contributed by atoms with Gasteiger partial charge in [0.05, 0.1) is 0 Å². The Balaban J connectivity index is 2.08. The summed E-state index contributed by atoms with van der Waals surface area (Å²) < 4.78 is 2.54. The average Bonchev–Trinajstić information content (AvgIpc) is 2.92. The standard InChI is InChI=1S/C22H27Br2N/c1-2-3-4-5-14-25-21-8-6-17(10-12-23)15-19(21)20-16-18(11-13-24)7-9-22(20)25/h6-9,15-16H,2-5,10-14H2,1H3. The number of aryl methyl sites for hydroxylation is 3. The highest BCUT2D eigenvalue weighted by Gasteiger charge is 2.12. The Hall–Kier alpha value is -0.800. The molecule has 3 heteroatoms. The summed E-state index contributed by atoms with van der Waals surface area (Å²) in [7, 11) is 0. The Morgan fingerprint density at radius 3 is 1.80 bits per heavy atom. The van der Waals surface area contributed by atoms with Crippen LogP contribution in [0.25, 0.3) is 21.8 Å². The molecule has 0 saturated carbocycles. The molecular weight excluding hydrogens is 438 g/mol. The Labute approximate surface area is 168 Å². The lowest BCUT2D eigenvalue weighted by Gasteiger charge is -2.08. The highest BCUT2D eigenvalue weighted by atomic mass is 79.9. The molecule has 0 N–H and O–H groups in total. The van der Waals surface area contributed by atoms with E-state index in [0.717, 1.165) is 30.0 Å². The number of rotatable bonds is 9. The largest absolute Gasteiger partial charge is 0.340 e. The van der Waals surface area contributed by atoms with Crippen molar-refractivity contribution in [2.24, 2.45) is 0 Å². The molecule has 25 heavy (non-hydrogen) atoms. The fraction of sp³-hybridized carbons (Fsp3) is 0.455. The van der Waals surface area contributed by atoms with Crippen molar-refractivity contribution in [3.63, 3.8) is 0 Å². The molecule has 1 nitrogen and oxygen atoms in total.